The van der Waals surface area contributed by atoms with Crippen molar-refractivity contribution in [3.63, 3.8) is 0 Å². The molecule has 0 atom stereocenters. The second kappa shape index (κ2) is 7.82. The SMILES string of the molecule is O=C(CSc1ccccc1Cl)NNC(=O)c1ccccc1F. The summed E-state index contributed by atoms with van der Waals surface area (Å²) >= 11 is 7.21. The van der Waals surface area contributed by atoms with Crippen molar-refractivity contribution < 1.29 is 14.0 Å². The number of carbonyl (C=O) groups excluding carboxylic acids is 2. The Hall–Kier alpha value is -2.05. The van der Waals surface area contributed by atoms with Crippen molar-refractivity contribution in [1.29, 1.82) is 0 Å². The lowest BCUT2D eigenvalue weighted by atomic mass is 10.2. The topological polar surface area (TPSA) is 58.2 Å². The molecule has 0 fully saturated rings. The fourth-order valence-corrected chi connectivity index (χ4v) is 2.62. The summed E-state index contributed by atoms with van der Waals surface area (Å²) in [7, 11) is 0. The molecular formula is C15H12ClFN2O2S. The number of carbonyl (C=O) groups is 2. The summed E-state index contributed by atoms with van der Waals surface area (Å²) in [6.45, 7) is 0. The molecule has 4 nitrogen and oxygen atoms in total. The zero-order chi connectivity index (χ0) is 15.9. The van der Waals surface area contributed by atoms with Gasteiger partial charge in [-0.05, 0) is 24.3 Å². The molecular weight excluding hydrogens is 327 g/mol. The molecule has 22 heavy (non-hydrogen) atoms. The molecule has 0 spiro atoms. The Balaban J connectivity index is 1.82. The quantitative estimate of drug-likeness (QED) is 0.665. The fourth-order valence-electron chi connectivity index (χ4n) is 1.58. The number of benzene rings is 2. The van der Waals surface area contributed by atoms with Gasteiger partial charge in [-0.2, -0.15) is 0 Å². The maximum absolute atomic E-state index is 13.4. The molecule has 2 aromatic rings. The molecule has 0 aliphatic heterocycles. The van der Waals surface area contributed by atoms with E-state index in [-0.39, 0.29) is 11.3 Å². The second-order valence-corrected chi connectivity index (χ2v) is 5.63. The third kappa shape index (κ3) is 4.47. The highest BCUT2D eigenvalue weighted by Gasteiger charge is 2.12. The zero-order valence-electron chi connectivity index (χ0n) is 11.3. The maximum atomic E-state index is 13.4. The lowest BCUT2D eigenvalue weighted by molar-refractivity contribution is -0.119. The molecule has 0 bridgehead atoms. The third-order valence-electron chi connectivity index (χ3n) is 2.63. The predicted molar refractivity (Wildman–Crippen MR) is 84.2 cm³/mol. The highest BCUT2D eigenvalue weighted by Crippen LogP contribution is 2.26. The standard InChI is InChI=1S/C15H12ClFN2O2S/c16-11-6-2-4-8-13(11)22-9-14(20)18-19-15(21)10-5-1-3-7-12(10)17/h1-8H,9H2,(H,18,20)(H,19,21). The summed E-state index contributed by atoms with van der Waals surface area (Å²) < 4.78 is 13.4. The Labute approximate surface area is 136 Å². The van der Waals surface area contributed by atoms with Crippen LogP contribution in [0.1, 0.15) is 10.4 Å². The van der Waals surface area contributed by atoms with Crippen LogP contribution in [0.3, 0.4) is 0 Å². The number of amides is 2. The minimum absolute atomic E-state index is 0.0707. The van der Waals surface area contributed by atoms with Crippen molar-refractivity contribution in [3.05, 3.63) is 64.9 Å². The van der Waals surface area contributed by atoms with Gasteiger partial charge in [0.2, 0.25) is 5.91 Å². The van der Waals surface area contributed by atoms with Crippen molar-refractivity contribution >= 4 is 35.2 Å². The van der Waals surface area contributed by atoms with Gasteiger partial charge in [-0.25, -0.2) is 4.39 Å². The molecule has 0 aromatic heterocycles. The summed E-state index contributed by atoms with van der Waals surface area (Å²) in [5.74, 6) is -1.72. The molecule has 114 valence electrons. The Bertz CT molecular complexity index is 697. The predicted octanol–water partition coefficient (Wildman–Crippen LogP) is 3.03. The molecule has 0 aliphatic rings. The van der Waals surface area contributed by atoms with Crippen LogP contribution in [0.25, 0.3) is 0 Å². The van der Waals surface area contributed by atoms with Gasteiger partial charge in [-0.1, -0.05) is 35.9 Å². The van der Waals surface area contributed by atoms with E-state index in [4.69, 9.17) is 11.6 Å². The van der Waals surface area contributed by atoms with Crippen LogP contribution in [0.5, 0.6) is 0 Å². The average Bonchev–Trinajstić information content (AvgIpc) is 2.52. The van der Waals surface area contributed by atoms with E-state index in [0.717, 1.165) is 4.90 Å². The largest absolute Gasteiger partial charge is 0.272 e. The van der Waals surface area contributed by atoms with Crippen LogP contribution in [0.2, 0.25) is 5.02 Å². The summed E-state index contributed by atoms with van der Waals surface area (Å²) in [5, 5.41) is 0.552. The van der Waals surface area contributed by atoms with E-state index < -0.39 is 17.6 Å². The van der Waals surface area contributed by atoms with Gasteiger partial charge in [0.25, 0.3) is 5.91 Å². The van der Waals surface area contributed by atoms with Gasteiger partial charge in [0.05, 0.1) is 16.3 Å². The third-order valence-corrected chi connectivity index (χ3v) is 4.14. The van der Waals surface area contributed by atoms with Gasteiger partial charge in [-0.3, -0.25) is 20.4 Å². The Morgan fingerprint density at radius 2 is 1.73 bits per heavy atom. The van der Waals surface area contributed by atoms with Crippen molar-refractivity contribution in [1.82, 2.24) is 10.9 Å². The Morgan fingerprint density at radius 3 is 2.45 bits per heavy atom. The maximum Gasteiger partial charge on any atom is 0.272 e. The molecule has 0 aliphatic carbocycles. The summed E-state index contributed by atoms with van der Waals surface area (Å²) in [5.41, 5.74) is 4.26. The molecule has 0 radical (unpaired) electrons. The first kappa shape index (κ1) is 16.3. The van der Waals surface area contributed by atoms with Crippen molar-refractivity contribution in [2.75, 3.05) is 5.75 Å². The molecule has 7 heteroatoms. The number of hydrogen-bond donors (Lipinski definition) is 2. The molecule has 2 aromatic carbocycles. The number of hydrazine groups is 1. The van der Waals surface area contributed by atoms with Crippen LogP contribution in [-0.4, -0.2) is 17.6 Å². The molecule has 2 N–H and O–H groups in total. The van der Waals surface area contributed by atoms with E-state index in [1.165, 1.54) is 36.0 Å². The number of nitrogens with one attached hydrogen (secondary N) is 2. The average molecular weight is 339 g/mol. The van der Waals surface area contributed by atoms with Crippen LogP contribution < -0.4 is 10.9 Å². The second-order valence-electron chi connectivity index (χ2n) is 4.20. The number of thioether (sulfide) groups is 1. The summed E-state index contributed by atoms with van der Waals surface area (Å²) in [6, 6.07) is 12.6. The number of hydrogen-bond acceptors (Lipinski definition) is 3. The van der Waals surface area contributed by atoms with Gasteiger partial charge < -0.3 is 0 Å². The summed E-state index contributed by atoms with van der Waals surface area (Å²) in [4.78, 5) is 24.1. The van der Waals surface area contributed by atoms with E-state index in [9.17, 15) is 14.0 Å². The van der Waals surface area contributed by atoms with Crippen LogP contribution in [0, 0.1) is 5.82 Å². The lowest BCUT2D eigenvalue weighted by Gasteiger charge is -2.08. The zero-order valence-corrected chi connectivity index (χ0v) is 12.9. The highest BCUT2D eigenvalue weighted by molar-refractivity contribution is 8.00. The van der Waals surface area contributed by atoms with Gasteiger partial charge in [-0.15, -0.1) is 11.8 Å². The van der Waals surface area contributed by atoms with Crippen LogP contribution in [0.4, 0.5) is 4.39 Å². The molecule has 2 amide bonds. The molecule has 0 saturated carbocycles. The molecule has 0 heterocycles. The normalized spacial score (nSPS) is 10.1. The van der Waals surface area contributed by atoms with Gasteiger partial charge in [0, 0.05) is 4.90 Å². The fraction of sp³-hybridized carbons (Fsp3) is 0.0667. The van der Waals surface area contributed by atoms with Crippen LogP contribution in [0.15, 0.2) is 53.4 Å². The van der Waals surface area contributed by atoms with Gasteiger partial charge in [0.15, 0.2) is 0 Å². The first-order chi connectivity index (χ1) is 10.6. The molecule has 0 saturated heterocycles. The Morgan fingerprint density at radius 1 is 1.05 bits per heavy atom. The lowest BCUT2D eigenvalue weighted by Crippen LogP contribution is -2.42. The van der Waals surface area contributed by atoms with Crippen LogP contribution in [-0.2, 0) is 4.79 Å². The highest BCUT2D eigenvalue weighted by atomic mass is 35.5. The van der Waals surface area contributed by atoms with E-state index in [1.54, 1.807) is 18.2 Å². The molecule has 2 rings (SSSR count). The van der Waals surface area contributed by atoms with Crippen molar-refractivity contribution in [2.45, 2.75) is 4.90 Å². The summed E-state index contributed by atoms with van der Waals surface area (Å²) in [6.07, 6.45) is 0. The molecule has 0 unspecified atom stereocenters. The van der Waals surface area contributed by atoms with E-state index in [2.05, 4.69) is 10.9 Å². The van der Waals surface area contributed by atoms with Gasteiger partial charge in [0.1, 0.15) is 5.82 Å². The smallest absolute Gasteiger partial charge is 0.272 e. The van der Waals surface area contributed by atoms with E-state index in [1.807, 2.05) is 6.07 Å². The first-order valence-electron chi connectivity index (χ1n) is 6.29. The monoisotopic (exact) mass is 338 g/mol. The van der Waals surface area contributed by atoms with E-state index >= 15 is 0 Å². The van der Waals surface area contributed by atoms with Crippen molar-refractivity contribution in [3.8, 4) is 0 Å². The minimum atomic E-state index is -0.714. The van der Waals surface area contributed by atoms with Gasteiger partial charge >= 0.3 is 0 Å². The number of rotatable bonds is 4. The minimum Gasteiger partial charge on any atom is -0.272 e. The van der Waals surface area contributed by atoms with Crippen LogP contribution >= 0.6 is 23.4 Å². The Kier molecular flexibility index (Phi) is 5.80. The number of halogens is 2. The van der Waals surface area contributed by atoms with Crippen molar-refractivity contribution in [2.24, 2.45) is 0 Å². The first-order valence-corrected chi connectivity index (χ1v) is 7.65. The van der Waals surface area contributed by atoms with E-state index in [0.29, 0.717) is 5.02 Å².